The molecule has 0 aromatic heterocycles. The highest BCUT2D eigenvalue weighted by molar-refractivity contribution is 7.89. The topological polar surface area (TPSA) is 72.6 Å². The van der Waals surface area contributed by atoms with Crippen LogP contribution < -0.4 is 5.14 Å². The summed E-state index contributed by atoms with van der Waals surface area (Å²) < 4.78 is 28.5. The summed E-state index contributed by atoms with van der Waals surface area (Å²) in [6.07, 6.45) is 0.0136. The van der Waals surface area contributed by atoms with Crippen LogP contribution in [0.3, 0.4) is 0 Å². The van der Waals surface area contributed by atoms with Crippen LogP contribution in [0.15, 0.2) is 53.4 Å². The van der Waals surface area contributed by atoms with E-state index in [1.54, 1.807) is 24.3 Å². The lowest BCUT2D eigenvalue weighted by atomic mass is 10.1. The summed E-state index contributed by atoms with van der Waals surface area (Å²) in [5.74, 6) is 0. The quantitative estimate of drug-likeness (QED) is 0.902. The molecule has 1 saturated heterocycles. The van der Waals surface area contributed by atoms with E-state index in [4.69, 9.17) is 21.5 Å². The van der Waals surface area contributed by atoms with E-state index < -0.39 is 10.0 Å². The fourth-order valence-corrected chi connectivity index (χ4v) is 3.41. The molecule has 5 nitrogen and oxygen atoms in total. The normalized spacial score (nSPS) is 19.3. The minimum atomic E-state index is -3.65. The molecule has 0 spiro atoms. The van der Waals surface area contributed by atoms with Crippen molar-refractivity contribution >= 4 is 21.6 Å². The number of rotatable bonds is 4. The predicted molar refractivity (Wildman–Crippen MR) is 93.2 cm³/mol. The second-order valence-corrected chi connectivity index (χ2v) is 7.83. The SMILES string of the molecule is NS(=O)(=O)c1ccc(CN2CCO[C@@H](c3ccc(Cl)cc3)C2)cc1. The number of nitrogens with two attached hydrogens (primary N) is 1. The van der Waals surface area contributed by atoms with Crippen molar-refractivity contribution < 1.29 is 13.2 Å². The number of hydrogen-bond acceptors (Lipinski definition) is 4. The third-order valence-electron chi connectivity index (χ3n) is 4.05. The van der Waals surface area contributed by atoms with Crippen LogP contribution >= 0.6 is 11.6 Å². The molecule has 7 heteroatoms. The molecular weight excluding hydrogens is 348 g/mol. The van der Waals surface area contributed by atoms with Crippen LogP contribution in [0.4, 0.5) is 0 Å². The predicted octanol–water partition coefficient (Wildman–Crippen LogP) is 2.56. The largest absolute Gasteiger partial charge is 0.371 e. The first-order valence-corrected chi connectivity index (χ1v) is 9.55. The Morgan fingerprint density at radius 2 is 1.79 bits per heavy atom. The molecule has 2 aromatic rings. The summed E-state index contributed by atoms with van der Waals surface area (Å²) in [5, 5.41) is 5.83. The van der Waals surface area contributed by atoms with Gasteiger partial charge in [-0.15, -0.1) is 0 Å². The number of primary sulfonamides is 1. The molecule has 1 aliphatic rings. The molecule has 0 unspecified atom stereocenters. The van der Waals surface area contributed by atoms with Crippen molar-refractivity contribution in [3.63, 3.8) is 0 Å². The van der Waals surface area contributed by atoms with Gasteiger partial charge >= 0.3 is 0 Å². The average molecular weight is 367 g/mol. The maximum atomic E-state index is 11.3. The second kappa shape index (κ2) is 7.21. The van der Waals surface area contributed by atoms with Gasteiger partial charge in [0.2, 0.25) is 10.0 Å². The van der Waals surface area contributed by atoms with Crippen molar-refractivity contribution in [2.75, 3.05) is 19.7 Å². The summed E-state index contributed by atoms with van der Waals surface area (Å²) >= 11 is 5.93. The number of nitrogens with zero attached hydrogens (tertiary/aromatic N) is 1. The lowest BCUT2D eigenvalue weighted by molar-refractivity contribution is -0.0329. The number of halogens is 1. The van der Waals surface area contributed by atoms with Crippen LogP contribution in [-0.4, -0.2) is 33.0 Å². The molecular formula is C17H19ClN2O3S. The van der Waals surface area contributed by atoms with Crippen LogP contribution in [0, 0.1) is 0 Å². The van der Waals surface area contributed by atoms with Gasteiger partial charge in [-0.2, -0.15) is 0 Å². The van der Waals surface area contributed by atoms with Gasteiger partial charge in [-0.25, -0.2) is 13.6 Å². The highest BCUT2D eigenvalue weighted by Crippen LogP contribution is 2.24. The fraction of sp³-hybridized carbons (Fsp3) is 0.294. The Bertz CT molecular complexity index is 792. The van der Waals surface area contributed by atoms with Gasteiger partial charge in [-0.3, -0.25) is 4.90 Å². The maximum Gasteiger partial charge on any atom is 0.238 e. The van der Waals surface area contributed by atoms with E-state index in [2.05, 4.69) is 4.90 Å². The van der Waals surface area contributed by atoms with Crippen LogP contribution in [0.25, 0.3) is 0 Å². The minimum Gasteiger partial charge on any atom is -0.371 e. The third-order valence-corrected chi connectivity index (χ3v) is 5.23. The summed E-state index contributed by atoms with van der Waals surface area (Å²) in [6.45, 7) is 3.00. The summed E-state index contributed by atoms with van der Waals surface area (Å²) in [6, 6.07) is 14.4. The first-order chi connectivity index (χ1) is 11.4. The lowest BCUT2D eigenvalue weighted by Crippen LogP contribution is -2.37. The second-order valence-electron chi connectivity index (χ2n) is 5.84. The van der Waals surface area contributed by atoms with E-state index in [-0.39, 0.29) is 11.0 Å². The maximum absolute atomic E-state index is 11.3. The zero-order valence-electron chi connectivity index (χ0n) is 13.1. The van der Waals surface area contributed by atoms with Crippen LogP contribution in [0.2, 0.25) is 5.02 Å². The van der Waals surface area contributed by atoms with E-state index in [9.17, 15) is 8.42 Å². The van der Waals surface area contributed by atoms with Crippen molar-refractivity contribution in [2.45, 2.75) is 17.5 Å². The van der Waals surface area contributed by atoms with Crippen LogP contribution in [-0.2, 0) is 21.3 Å². The molecule has 0 bridgehead atoms. The van der Waals surface area contributed by atoms with E-state index in [0.717, 1.165) is 30.8 Å². The van der Waals surface area contributed by atoms with Crippen molar-refractivity contribution in [2.24, 2.45) is 5.14 Å². The Hall–Kier alpha value is -1.44. The Kier molecular flexibility index (Phi) is 5.22. The summed E-state index contributed by atoms with van der Waals surface area (Å²) in [5.41, 5.74) is 2.15. The highest BCUT2D eigenvalue weighted by atomic mass is 35.5. The summed E-state index contributed by atoms with van der Waals surface area (Å²) in [4.78, 5) is 2.42. The lowest BCUT2D eigenvalue weighted by Gasteiger charge is -2.33. The van der Waals surface area contributed by atoms with Crippen molar-refractivity contribution in [1.82, 2.24) is 4.90 Å². The Morgan fingerprint density at radius 1 is 1.12 bits per heavy atom. The van der Waals surface area contributed by atoms with Crippen molar-refractivity contribution in [3.05, 3.63) is 64.7 Å². The van der Waals surface area contributed by atoms with Gasteiger partial charge in [0.05, 0.1) is 17.6 Å². The first kappa shape index (κ1) is 17.4. The van der Waals surface area contributed by atoms with Crippen LogP contribution in [0.5, 0.6) is 0 Å². The molecule has 0 amide bonds. The fourth-order valence-electron chi connectivity index (χ4n) is 2.77. The molecule has 1 atom stereocenters. The average Bonchev–Trinajstić information content (AvgIpc) is 2.55. The molecule has 1 aliphatic heterocycles. The third kappa shape index (κ3) is 4.34. The van der Waals surface area contributed by atoms with Crippen LogP contribution in [0.1, 0.15) is 17.2 Å². The standard InChI is InChI=1S/C17H19ClN2O3S/c18-15-5-3-14(4-6-15)17-12-20(9-10-23-17)11-13-1-7-16(8-2-13)24(19,21)22/h1-8,17H,9-12H2,(H2,19,21,22)/t17-/m1/s1. The zero-order chi connectivity index (χ0) is 17.2. The molecule has 1 fully saturated rings. The molecule has 24 heavy (non-hydrogen) atoms. The van der Waals surface area contributed by atoms with Gasteiger partial charge in [0, 0.05) is 24.7 Å². The molecule has 0 saturated carbocycles. The molecule has 2 N–H and O–H groups in total. The van der Waals surface area contributed by atoms with Gasteiger partial charge < -0.3 is 4.74 Å². The smallest absolute Gasteiger partial charge is 0.238 e. The molecule has 0 aliphatic carbocycles. The highest BCUT2D eigenvalue weighted by Gasteiger charge is 2.22. The van der Waals surface area contributed by atoms with Gasteiger partial charge in [0.25, 0.3) is 0 Å². The van der Waals surface area contributed by atoms with Crippen molar-refractivity contribution in [3.8, 4) is 0 Å². The number of benzene rings is 2. The first-order valence-electron chi connectivity index (χ1n) is 7.63. The Labute approximate surface area is 147 Å². The monoisotopic (exact) mass is 366 g/mol. The molecule has 1 heterocycles. The van der Waals surface area contributed by atoms with Gasteiger partial charge in [-0.1, -0.05) is 35.9 Å². The molecule has 3 rings (SSSR count). The number of sulfonamides is 1. The Morgan fingerprint density at radius 3 is 2.42 bits per heavy atom. The molecule has 128 valence electrons. The van der Waals surface area contributed by atoms with E-state index in [1.807, 2.05) is 24.3 Å². The van der Waals surface area contributed by atoms with E-state index in [1.165, 1.54) is 0 Å². The molecule has 0 radical (unpaired) electrons. The number of ether oxygens (including phenoxy) is 1. The minimum absolute atomic E-state index is 0.0136. The zero-order valence-corrected chi connectivity index (χ0v) is 14.6. The van der Waals surface area contributed by atoms with Gasteiger partial charge in [-0.05, 0) is 35.4 Å². The Balaban J connectivity index is 1.66. The van der Waals surface area contributed by atoms with Gasteiger partial charge in [0.15, 0.2) is 0 Å². The molecule has 2 aromatic carbocycles. The van der Waals surface area contributed by atoms with E-state index in [0.29, 0.717) is 11.6 Å². The van der Waals surface area contributed by atoms with Gasteiger partial charge in [0.1, 0.15) is 0 Å². The number of hydrogen-bond donors (Lipinski definition) is 1. The summed E-state index contributed by atoms with van der Waals surface area (Å²) in [7, 11) is -3.65. The van der Waals surface area contributed by atoms with E-state index >= 15 is 0 Å². The van der Waals surface area contributed by atoms with Crippen molar-refractivity contribution in [1.29, 1.82) is 0 Å². The number of morpholine rings is 1.